The molecular weight excluding hydrogens is 264 g/mol. The molecule has 110 valence electrons. The van der Waals surface area contributed by atoms with Crippen LogP contribution in [0, 0.1) is 10.1 Å². The Hall–Kier alpha value is -2.45. The van der Waals surface area contributed by atoms with E-state index in [9.17, 15) is 14.9 Å². The summed E-state index contributed by atoms with van der Waals surface area (Å²) < 4.78 is 0. The molecule has 1 aromatic heterocycles. The Morgan fingerprint density at radius 2 is 2.00 bits per heavy atom. The number of likely N-dealkylation sites (N-methyl/N-ethyl adjacent to an activating group) is 1. The Bertz CT molecular complexity index is 493. The third kappa shape index (κ3) is 3.77. The Balaban J connectivity index is 3.02. The summed E-state index contributed by atoms with van der Waals surface area (Å²) in [7, 11) is 0. The van der Waals surface area contributed by atoms with Gasteiger partial charge in [0.15, 0.2) is 0 Å². The zero-order valence-electron chi connectivity index (χ0n) is 11.6. The van der Waals surface area contributed by atoms with Crippen LogP contribution in [0.4, 0.5) is 17.3 Å². The first-order chi connectivity index (χ1) is 9.51. The molecule has 0 saturated carbocycles. The van der Waals surface area contributed by atoms with Gasteiger partial charge in [-0.05, 0) is 20.8 Å². The third-order valence-electron chi connectivity index (χ3n) is 2.45. The summed E-state index contributed by atoms with van der Waals surface area (Å²) in [6, 6.07) is -0.641. The van der Waals surface area contributed by atoms with E-state index in [0.29, 0.717) is 13.1 Å². The number of anilines is 2. The van der Waals surface area contributed by atoms with Crippen LogP contribution in [0.3, 0.4) is 0 Å². The molecule has 9 heteroatoms. The van der Waals surface area contributed by atoms with Gasteiger partial charge in [0.2, 0.25) is 17.5 Å². The van der Waals surface area contributed by atoms with E-state index in [0.717, 1.165) is 0 Å². The monoisotopic (exact) mass is 282 g/mol. The Morgan fingerprint density at radius 1 is 1.35 bits per heavy atom. The van der Waals surface area contributed by atoms with E-state index < -0.39 is 11.0 Å². The SMILES string of the molecule is CCNC(=O)C(C)Nc1ncnc(NCC)c1[N+](=O)[O-]. The van der Waals surface area contributed by atoms with Crippen LogP contribution in [0.5, 0.6) is 0 Å². The highest BCUT2D eigenvalue weighted by Gasteiger charge is 2.25. The summed E-state index contributed by atoms with van der Waals surface area (Å²) in [6.45, 7) is 6.17. The Kier molecular flexibility index (Phi) is 5.63. The molecule has 1 unspecified atom stereocenters. The van der Waals surface area contributed by atoms with Crippen molar-refractivity contribution in [1.29, 1.82) is 0 Å². The van der Waals surface area contributed by atoms with Crippen LogP contribution in [0.2, 0.25) is 0 Å². The van der Waals surface area contributed by atoms with Crippen molar-refractivity contribution < 1.29 is 9.72 Å². The fourth-order valence-electron chi connectivity index (χ4n) is 1.55. The van der Waals surface area contributed by atoms with Gasteiger partial charge in [-0.3, -0.25) is 14.9 Å². The molecular formula is C11H18N6O3. The van der Waals surface area contributed by atoms with Crippen LogP contribution in [0.15, 0.2) is 6.33 Å². The molecule has 0 aromatic carbocycles. The number of aromatic nitrogens is 2. The van der Waals surface area contributed by atoms with Gasteiger partial charge in [-0.2, -0.15) is 0 Å². The lowest BCUT2D eigenvalue weighted by Gasteiger charge is -2.14. The van der Waals surface area contributed by atoms with Crippen LogP contribution in [0.25, 0.3) is 0 Å². The highest BCUT2D eigenvalue weighted by atomic mass is 16.6. The molecule has 0 aliphatic rings. The molecule has 0 bridgehead atoms. The fourth-order valence-corrected chi connectivity index (χ4v) is 1.55. The first kappa shape index (κ1) is 15.6. The maximum absolute atomic E-state index is 11.6. The Morgan fingerprint density at radius 3 is 2.55 bits per heavy atom. The van der Waals surface area contributed by atoms with Gasteiger partial charge < -0.3 is 16.0 Å². The van der Waals surface area contributed by atoms with Crippen molar-refractivity contribution in [3.63, 3.8) is 0 Å². The van der Waals surface area contributed by atoms with Gasteiger partial charge in [0, 0.05) is 13.1 Å². The van der Waals surface area contributed by atoms with Crippen molar-refractivity contribution >= 4 is 23.2 Å². The summed E-state index contributed by atoms with van der Waals surface area (Å²) in [5.74, 6) is -0.122. The number of nitrogens with one attached hydrogen (secondary N) is 3. The number of carbonyl (C=O) groups excluding carboxylic acids is 1. The molecule has 0 saturated heterocycles. The normalized spacial score (nSPS) is 11.6. The zero-order chi connectivity index (χ0) is 15.1. The topological polar surface area (TPSA) is 122 Å². The van der Waals surface area contributed by atoms with Gasteiger partial charge in [0.05, 0.1) is 4.92 Å². The van der Waals surface area contributed by atoms with Crippen molar-refractivity contribution in [3.05, 3.63) is 16.4 Å². The first-order valence-corrected chi connectivity index (χ1v) is 6.28. The third-order valence-corrected chi connectivity index (χ3v) is 2.45. The van der Waals surface area contributed by atoms with E-state index in [2.05, 4.69) is 25.9 Å². The average Bonchev–Trinajstić information content (AvgIpc) is 2.39. The predicted octanol–water partition coefficient (Wildman–Crippen LogP) is 0.753. The molecule has 9 nitrogen and oxygen atoms in total. The van der Waals surface area contributed by atoms with E-state index in [-0.39, 0.29) is 23.2 Å². The molecule has 1 amide bonds. The minimum absolute atomic E-state index is 0.0136. The van der Waals surface area contributed by atoms with Crippen molar-refractivity contribution in [1.82, 2.24) is 15.3 Å². The number of hydrogen-bond acceptors (Lipinski definition) is 7. The second-order valence-corrected chi connectivity index (χ2v) is 3.97. The van der Waals surface area contributed by atoms with E-state index in [1.807, 2.05) is 0 Å². The van der Waals surface area contributed by atoms with Crippen LogP contribution >= 0.6 is 0 Å². The second-order valence-electron chi connectivity index (χ2n) is 3.97. The van der Waals surface area contributed by atoms with Crippen LogP contribution in [-0.2, 0) is 4.79 Å². The molecule has 20 heavy (non-hydrogen) atoms. The molecule has 0 fully saturated rings. The number of nitrogens with zero attached hydrogens (tertiary/aromatic N) is 3. The van der Waals surface area contributed by atoms with Crippen LogP contribution in [-0.4, -0.2) is 39.9 Å². The number of amides is 1. The number of nitro groups is 1. The molecule has 1 rings (SSSR count). The maximum atomic E-state index is 11.6. The smallest absolute Gasteiger partial charge is 0.353 e. The molecule has 1 heterocycles. The lowest BCUT2D eigenvalue weighted by Crippen LogP contribution is -2.37. The number of hydrogen-bond donors (Lipinski definition) is 3. The van der Waals surface area contributed by atoms with Gasteiger partial charge in [0.1, 0.15) is 12.4 Å². The van der Waals surface area contributed by atoms with E-state index in [1.54, 1.807) is 20.8 Å². The summed E-state index contributed by atoms with van der Waals surface area (Å²) >= 11 is 0. The lowest BCUT2D eigenvalue weighted by molar-refractivity contribution is -0.383. The van der Waals surface area contributed by atoms with Crippen molar-refractivity contribution in [2.24, 2.45) is 0 Å². The summed E-state index contributed by atoms with van der Waals surface area (Å²) in [5, 5.41) is 19.3. The maximum Gasteiger partial charge on any atom is 0.353 e. The Labute approximate surface area is 116 Å². The minimum atomic E-state index is -0.641. The first-order valence-electron chi connectivity index (χ1n) is 6.28. The van der Waals surface area contributed by atoms with Crippen LogP contribution < -0.4 is 16.0 Å². The van der Waals surface area contributed by atoms with Gasteiger partial charge >= 0.3 is 5.69 Å². The van der Waals surface area contributed by atoms with E-state index in [1.165, 1.54) is 6.33 Å². The van der Waals surface area contributed by atoms with Crippen LogP contribution in [0.1, 0.15) is 20.8 Å². The fraction of sp³-hybridized carbons (Fsp3) is 0.545. The number of rotatable bonds is 7. The van der Waals surface area contributed by atoms with Gasteiger partial charge in [-0.25, -0.2) is 9.97 Å². The quantitative estimate of drug-likeness (QED) is 0.498. The largest absolute Gasteiger partial charge is 0.364 e. The molecule has 1 atom stereocenters. The van der Waals surface area contributed by atoms with E-state index >= 15 is 0 Å². The zero-order valence-corrected chi connectivity index (χ0v) is 11.6. The van der Waals surface area contributed by atoms with Gasteiger partial charge in [-0.1, -0.05) is 0 Å². The minimum Gasteiger partial charge on any atom is -0.364 e. The summed E-state index contributed by atoms with van der Waals surface area (Å²) in [6.07, 6.45) is 1.21. The second kappa shape index (κ2) is 7.22. The molecule has 0 aliphatic heterocycles. The molecule has 1 aromatic rings. The molecule has 0 spiro atoms. The van der Waals surface area contributed by atoms with Crippen molar-refractivity contribution in [3.8, 4) is 0 Å². The van der Waals surface area contributed by atoms with E-state index in [4.69, 9.17) is 0 Å². The summed E-state index contributed by atoms with van der Waals surface area (Å²) in [5.41, 5.74) is -0.273. The highest BCUT2D eigenvalue weighted by Crippen LogP contribution is 2.28. The molecule has 0 aliphatic carbocycles. The van der Waals surface area contributed by atoms with Gasteiger partial charge in [0.25, 0.3) is 0 Å². The predicted molar refractivity (Wildman–Crippen MR) is 74.6 cm³/mol. The summed E-state index contributed by atoms with van der Waals surface area (Å²) in [4.78, 5) is 29.9. The number of carbonyl (C=O) groups is 1. The van der Waals surface area contributed by atoms with Crippen molar-refractivity contribution in [2.45, 2.75) is 26.8 Å². The lowest BCUT2D eigenvalue weighted by atomic mass is 10.3. The average molecular weight is 282 g/mol. The van der Waals surface area contributed by atoms with Gasteiger partial charge in [-0.15, -0.1) is 0 Å². The molecule has 3 N–H and O–H groups in total. The standard InChI is InChI=1S/C11H18N6O3/c1-4-12-9-8(17(19)20)10(15-6-14-9)16-7(3)11(18)13-5-2/h6-7H,4-5H2,1-3H3,(H,13,18)(H2,12,14,15,16). The molecule has 0 radical (unpaired) electrons. The van der Waals surface area contributed by atoms with Crippen molar-refractivity contribution in [2.75, 3.05) is 23.7 Å². The highest BCUT2D eigenvalue weighted by molar-refractivity contribution is 5.85.